The van der Waals surface area contributed by atoms with Crippen LogP contribution in [-0.2, 0) is 6.42 Å². The van der Waals surface area contributed by atoms with Crippen LogP contribution in [0.15, 0.2) is 18.2 Å². The Bertz CT molecular complexity index is 376. The van der Waals surface area contributed by atoms with Crippen molar-refractivity contribution in [1.29, 1.82) is 0 Å². The number of fused-ring (bicyclic) bond motifs is 1. The van der Waals surface area contributed by atoms with Gasteiger partial charge in [-0.25, -0.2) is 0 Å². The first kappa shape index (κ1) is 12.4. The molecular formula is C14H21NO2. The second-order valence-corrected chi connectivity index (χ2v) is 4.75. The molecule has 2 unspecified atom stereocenters. The molecule has 1 aliphatic carbocycles. The van der Waals surface area contributed by atoms with Crippen molar-refractivity contribution in [2.45, 2.75) is 38.3 Å². The summed E-state index contributed by atoms with van der Waals surface area (Å²) in [5, 5.41) is 12.7. The number of hydrogen-bond acceptors (Lipinski definition) is 3. The lowest BCUT2D eigenvalue weighted by Gasteiger charge is -2.15. The van der Waals surface area contributed by atoms with Crippen LogP contribution in [0.5, 0.6) is 5.75 Å². The van der Waals surface area contributed by atoms with Crippen molar-refractivity contribution >= 4 is 0 Å². The van der Waals surface area contributed by atoms with Crippen molar-refractivity contribution in [2.24, 2.45) is 0 Å². The third-order valence-electron chi connectivity index (χ3n) is 3.38. The van der Waals surface area contributed by atoms with Gasteiger partial charge < -0.3 is 15.2 Å². The van der Waals surface area contributed by atoms with E-state index >= 15 is 0 Å². The Balaban J connectivity index is 2.00. The van der Waals surface area contributed by atoms with Crippen LogP contribution in [0, 0.1) is 0 Å². The molecule has 0 amide bonds. The van der Waals surface area contributed by atoms with Gasteiger partial charge in [-0.3, -0.25) is 0 Å². The normalized spacial score (nSPS) is 20.1. The van der Waals surface area contributed by atoms with Gasteiger partial charge in [0.2, 0.25) is 0 Å². The van der Waals surface area contributed by atoms with Gasteiger partial charge in [0.05, 0.1) is 13.2 Å². The quantitative estimate of drug-likeness (QED) is 0.820. The van der Waals surface area contributed by atoms with Gasteiger partial charge in [0, 0.05) is 6.04 Å². The number of aliphatic hydroxyl groups is 1. The topological polar surface area (TPSA) is 41.5 Å². The van der Waals surface area contributed by atoms with E-state index in [1.54, 1.807) is 7.11 Å². The van der Waals surface area contributed by atoms with Crippen LogP contribution >= 0.6 is 0 Å². The van der Waals surface area contributed by atoms with Crippen LogP contribution in [0.2, 0.25) is 0 Å². The summed E-state index contributed by atoms with van der Waals surface area (Å²) >= 11 is 0. The number of nitrogens with one attached hydrogen (secondary N) is 1. The maximum absolute atomic E-state index is 9.24. The molecule has 0 saturated heterocycles. The largest absolute Gasteiger partial charge is 0.497 e. The van der Waals surface area contributed by atoms with Crippen LogP contribution in [-0.4, -0.2) is 24.9 Å². The second-order valence-electron chi connectivity index (χ2n) is 4.75. The molecule has 1 aliphatic rings. The molecule has 2 atom stereocenters. The van der Waals surface area contributed by atoms with E-state index in [-0.39, 0.29) is 6.10 Å². The van der Waals surface area contributed by atoms with E-state index in [4.69, 9.17) is 4.74 Å². The Kier molecular flexibility index (Phi) is 4.02. The molecule has 0 aromatic heterocycles. The van der Waals surface area contributed by atoms with Crippen molar-refractivity contribution in [2.75, 3.05) is 13.7 Å². The number of benzene rings is 1. The van der Waals surface area contributed by atoms with Gasteiger partial charge >= 0.3 is 0 Å². The SMILES string of the molecule is COc1ccc2c(c1)C(NCCC(C)O)CC2. The fourth-order valence-electron chi connectivity index (χ4n) is 2.39. The van der Waals surface area contributed by atoms with Crippen molar-refractivity contribution in [3.63, 3.8) is 0 Å². The third-order valence-corrected chi connectivity index (χ3v) is 3.38. The molecule has 3 heteroatoms. The summed E-state index contributed by atoms with van der Waals surface area (Å²) in [5.41, 5.74) is 2.77. The summed E-state index contributed by atoms with van der Waals surface area (Å²) in [6, 6.07) is 6.73. The minimum Gasteiger partial charge on any atom is -0.497 e. The highest BCUT2D eigenvalue weighted by Crippen LogP contribution is 2.33. The smallest absolute Gasteiger partial charge is 0.119 e. The number of aliphatic hydroxyl groups excluding tert-OH is 1. The molecule has 0 fully saturated rings. The van der Waals surface area contributed by atoms with Crippen LogP contribution in [0.4, 0.5) is 0 Å². The minimum absolute atomic E-state index is 0.228. The molecular weight excluding hydrogens is 214 g/mol. The fraction of sp³-hybridized carbons (Fsp3) is 0.571. The molecule has 3 nitrogen and oxygen atoms in total. The first-order chi connectivity index (χ1) is 8.20. The summed E-state index contributed by atoms with van der Waals surface area (Å²) in [7, 11) is 1.70. The van der Waals surface area contributed by atoms with E-state index in [1.807, 2.05) is 13.0 Å². The number of ether oxygens (including phenoxy) is 1. The van der Waals surface area contributed by atoms with Gasteiger partial charge in [-0.1, -0.05) is 6.07 Å². The van der Waals surface area contributed by atoms with E-state index in [1.165, 1.54) is 11.1 Å². The first-order valence-electron chi connectivity index (χ1n) is 6.29. The molecule has 0 spiro atoms. The first-order valence-corrected chi connectivity index (χ1v) is 6.29. The molecule has 17 heavy (non-hydrogen) atoms. The summed E-state index contributed by atoms with van der Waals surface area (Å²) in [5.74, 6) is 0.924. The number of hydrogen-bond donors (Lipinski definition) is 2. The summed E-state index contributed by atoms with van der Waals surface area (Å²) in [4.78, 5) is 0. The molecule has 2 rings (SSSR count). The van der Waals surface area contributed by atoms with Crippen LogP contribution in [0.1, 0.15) is 36.9 Å². The van der Waals surface area contributed by atoms with Crippen molar-refractivity contribution in [3.05, 3.63) is 29.3 Å². The monoisotopic (exact) mass is 235 g/mol. The van der Waals surface area contributed by atoms with Gasteiger partial charge in [0.1, 0.15) is 5.75 Å². The molecule has 0 bridgehead atoms. The maximum atomic E-state index is 9.24. The predicted molar refractivity (Wildman–Crippen MR) is 68.4 cm³/mol. The lowest BCUT2D eigenvalue weighted by Crippen LogP contribution is -2.23. The summed E-state index contributed by atoms with van der Waals surface area (Å²) in [6.45, 7) is 2.69. The lowest BCUT2D eigenvalue weighted by molar-refractivity contribution is 0.182. The Hall–Kier alpha value is -1.06. The van der Waals surface area contributed by atoms with Crippen molar-refractivity contribution in [3.8, 4) is 5.75 Å². The standard InChI is InChI=1S/C14H21NO2/c1-10(16)7-8-15-14-6-4-11-3-5-12(17-2)9-13(11)14/h3,5,9-10,14-16H,4,6-8H2,1-2H3. The molecule has 0 saturated carbocycles. The van der Waals surface area contributed by atoms with Crippen molar-refractivity contribution in [1.82, 2.24) is 5.32 Å². The van der Waals surface area contributed by atoms with Gasteiger partial charge in [0.15, 0.2) is 0 Å². The highest BCUT2D eigenvalue weighted by atomic mass is 16.5. The molecule has 94 valence electrons. The van der Waals surface area contributed by atoms with E-state index in [0.717, 1.165) is 31.6 Å². The van der Waals surface area contributed by atoms with Gasteiger partial charge in [0.25, 0.3) is 0 Å². The zero-order chi connectivity index (χ0) is 12.3. The zero-order valence-electron chi connectivity index (χ0n) is 10.6. The molecule has 1 aromatic carbocycles. The van der Waals surface area contributed by atoms with E-state index < -0.39 is 0 Å². The Morgan fingerprint density at radius 2 is 2.35 bits per heavy atom. The second kappa shape index (κ2) is 5.52. The molecule has 0 heterocycles. The van der Waals surface area contributed by atoms with Crippen LogP contribution in [0.3, 0.4) is 0 Å². The Morgan fingerprint density at radius 1 is 1.53 bits per heavy atom. The summed E-state index contributed by atoms with van der Waals surface area (Å²) < 4.78 is 5.26. The lowest BCUT2D eigenvalue weighted by atomic mass is 10.1. The summed E-state index contributed by atoms with van der Waals surface area (Å²) in [6.07, 6.45) is 2.85. The van der Waals surface area contributed by atoms with Gasteiger partial charge in [-0.15, -0.1) is 0 Å². The Morgan fingerprint density at radius 3 is 3.06 bits per heavy atom. The number of methoxy groups -OCH3 is 1. The zero-order valence-corrected chi connectivity index (χ0v) is 10.6. The number of aryl methyl sites for hydroxylation is 1. The average molecular weight is 235 g/mol. The highest BCUT2D eigenvalue weighted by molar-refractivity contribution is 5.40. The van der Waals surface area contributed by atoms with Gasteiger partial charge in [-0.05, 0) is 56.0 Å². The fourth-order valence-corrected chi connectivity index (χ4v) is 2.39. The predicted octanol–water partition coefficient (Wildman–Crippen LogP) is 2.04. The molecule has 0 radical (unpaired) electrons. The van der Waals surface area contributed by atoms with E-state index in [2.05, 4.69) is 17.4 Å². The number of rotatable bonds is 5. The third kappa shape index (κ3) is 2.99. The maximum Gasteiger partial charge on any atom is 0.119 e. The van der Waals surface area contributed by atoms with E-state index in [9.17, 15) is 5.11 Å². The molecule has 1 aromatic rings. The molecule has 0 aliphatic heterocycles. The Labute approximate surface area is 103 Å². The van der Waals surface area contributed by atoms with Crippen molar-refractivity contribution < 1.29 is 9.84 Å². The average Bonchev–Trinajstić information content (AvgIpc) is 2.71. The van der Waals surface area contributed by atoms with Crippen LogP contribution < -0.4 is 10.1 Å². The highest BCUT2D eigenvalue weighted by Gasteiger charge is 2.22. The molecule has 2 N–H and O–H groups in total. The minimum atomic E-state index is -0.228. The van der Waals surface area contributed by atoms with Crippen LogP contribution in [0.25, 0.3) is 0 Å². The van der Waals surface area contributed by atoms with E-state index in [0.29, 0.717) is 6.04 Å². The van der Waals surface area contributed by atoms with Gasteiger partial charge in [-0.2, -0.15) is 0 Å².